The third-order valence-corrected chi connectivity index (χ3v) is 3.65. The summed E-state index contributed by atoms with van der Waals surface area (Å²) in [6.07, 6.45) is -0.614. The molecule has 1 aromatic heterocycles. The van der Waals surface area contributed by atoms with Gasteiger partial charge in [-0.3, -0.25) is 10.4 Å². The first-order valence-corrected chi connectivity index (χ1v) is 7.89. The molecule has 0 fully saturated rings. The predicted octanol–water partition coefficient (Wildman–Crippen LogP) is 4.73. The van der Waals surface area contributed by atoms with Gasteiger partial charge in [-0.2, -0.15) is 5.10 Å². The monoisotopic (exact) mass is 389 g/mol. The van der Waals surface area contributed by atoms with Crippen LogP contribution < -0.4 is 5.32 Å². The van der Waals surface area contributed by atoms with E-state index in [2.05, 4.69) is 31.4 Å². The number of aromatic amines is 1. The van der Waals surface area contributed by atoms with Gasteiger partial charge in [-0.25, -0.2) is 9.18 Å². The van der Waals surface area contributed by atoms with E-state index < -0.39 is 6.09 Å². The van der Waals surface area contributed by atoms with Crippen molar-refractivity contribution >= 4 is 27.8 Å². The van der Waals surface area contributed by atoms with Gasteiger partial charge in [-0.15, -0.1) is 0 Å². The van der Waals surface area contributed by atoms with Crippen molar-refractivity contribution in [2.24, 2.45) is 0 Å². The minimum Gasteiger partial charge on any atom is -0.444 e. The number of H-pyrrole nitrogens is 1. The number of benzene rings is 2. The zero-order valence-electron chi connectivity index (χ0n) is 12.4. The van der Waals surface area contributed by atoms with E-state index in [1.807, 2.05) is 30.3 Å². The standard InChI is InChI=1S/C17H13BrFN3O2/c18-13-6-12(7-14(19)8-13)15-9-16(22-21-15)20-17(23)24-10-11-4-2-1-3-5-11/h1-9H,10H2,(H2,20,21,22,23). The van der Waals surface area contributed by atoms with Gasteiger partial charge in [0.05, 0.1) is 5.69 Å². The molecule has 0 aliphatic heterocycles. The highest BCUT2D eigenvalue weighted by atomic mass is 79.9. The molecule has 0 bridgehead atoms. The number of halogens is 2. The third kappa shape index (κ3) is 4.20. The van der Waals surface area contributed by atoms with E-state index in [1.54, 1.807) is 12.1 Å². The smallest absolute Gasteiger partial charge is 0.413 e. The normalized spacial score (nSPS) is 10.4. The van der Waals surface area contributed by atoms with Crippen molar-refractivity contribution in [3.8, 4) is 11.3 Å². The Hall–Kier alpha value is -2.67. The molecule has 7 heteroatoms. The van der Waals surface area contributed by atoms with Crippen LogP contribution in [-0.4, -0.2) is 16.3 Å². The molecular formula is C17H13BrFN3O2. The van der Waals surface area contributed by atoms with Crippen LogP contribution >= 0.6 is 15.9 Å². The summed E-state index contributed by atoms with van der Waals surface area (Å²) in [7, 11) is 0. The molecule has 3 rings (SSSR count). The van der Waals surface area contributed by atoms with Crippen LogP contribution in [0.5, 0.6) is 0 Å². The number of nitrogens with one attached hydrogen (secondary N) is 2. The topological polar surface area (TPSA) is 67.0 Å². The summed E-state index contributed by atoms with van der Waals surface area (Å²) in [5.74, 6) is -0.0748. The van der Waals surface area contributed by atoms with E-state index in [1.165, 1.54) is 12.1 Å². The number of aromatic nitrogens is 2. The number of ether oxygens (including phenoxy) is 1. The average molecular weight is 390 g/mol. The summed E-state index contributed by atoms with van der Waals surface area (Å²) in [6.45, 7) is 0.167. The van der Waals surface area contributed by atoms with Crippen LogP contribution in [0.1, 0.15) is 5.56 Å². The molecule has 0 aliphatic rings. The van der Waals surface area contributed by atoms with Crippen molar-refractivity contribution in [2.75, 3.05) is 5.32 Å². The molecule has 24 heavy (non-hydrogen) atoms. The first-order valence-electron chi connectivity index (χ1n) is 7.10. The van der Waals surface area contributed by atoms with Crippen molar-refractivity contribution in [1.82, 2.24) is 10.2 Å². The fourth-order valence-corrected chi connectivity index (χ4v) is 2.57. The zero-order valence-corrected chi connectivity index (χ0v) is 14.0. The Bertz CT molecular complexity index is 832. The Morgan fingerprint density at radius 2 is 2.00 bits per heavy atom. The largest absolute Gasteiger partial charge is 0.444 e. The third-order valence-electron chi connectivity index (χ3n) is 3.19. The number of rotatable bonds is 4. The minimum atomic E-state index is -0.614. The van der Waals surface area contributed by atoms with Crippen molar-refractivity contribution < 1.29 is 13.9 Å². The zero-order chi connectivity index (χ0) is 16.9. The molecule has 122 valence electrons. The average Bonchev–Trinajstić information content (AvgIpc) is 3.01. The first-order chi connectivity index (χ1) is 11.6. The quantitative estimate of drug-likeness (QED) is 0.677. The van der Waals surface area contributed by atoms with Crippen LogP contribution in [0.15, 0.2) is 59.1 Å². The highest BCUT2D eigenvalue weighted by Crippen LogP contribution is 2.24. The van der Waals surface area contributed by atoms with Gasteiger partial charge in [-0.05, 0) is 23.8 Å². The number of anilines is 1. The second-order valence-electron chi connectivity index (χ2n) is 5.01. The summed E-state index contributed by atoms with van der Waals surface area (Å²) in [5, 5.41) is 9.24. The van der Waals surface area contributed by atoms with Crippen LogP contribution in [0.4, 0.5) is 15.0 Å². The van der Waals surface area contributed by atoms with Crippen LogP contribution in [0.25, 0.3) is 11.3 Å². The van der Waals surface area contributed by atoms with Gasteiger partial charge in [0.25, 0.3) is 0 Å². The van der Waals surface area contributed by atoms with Gasteiger partial charge in [0.2, 0.25) is 0 Å². The number of carbonyl (C=O) groups is 1. The molecular weight excluding hydrogens is 377 g/mol. The Labute approximate surface area is 146 Å². The van der Waals surface area contributed by atoms with E-state index in [9.17, 15) is 9.18 Å². The van der Waals surface area contributed by atoms with Crippen LogP contribution in [-0.2, 0) is 11.3 Å². The Morgan fingerprint density at radius 3 is 2.75 bits per heavy atom. The summed E-state index contributed by atoms with van der Waals surface area (Å²) in [5.41, 5.74) is 2.08. The maximum absolute atomic E-state index is 13.4. The molecule has 0 saturated heterocycles. The second kappa shape index (κ2) is 7.27. The second-order valence-corrected chi connectivity index (χ2v) is 5.93. The van der Waals surface area contributed by atoms with Gasteiger partial charge in [-0.1, -0.05) is 46.3 Å². The van der Waals surface area contributed by atoms with Gasteiger partial charge in [0.15, 0.2) is 5.82 Å². The van der Waals surface area contributed by atoms with Gasteiger partial charge in [0.1, 0.15) is 12.4 Å². The Morgan fingerprint density at radius 1 is 1.21 bits per heavy atom. The molecule has 0 radical (unpaired) electrons. The Balaban J connectivity index is 1.62. The lowest BCUT2D eigenvalue weighted by molar-refractivity contribution is 0.155. The van der Waals surface area contributed by atoms with Crippen molar-refractivity contribution in [3.05, 3.63) is 70.5 Å². The van der Waals surface area contributed by atoms with Gasteiger partial charge < -0.3 is 4.74 Å². The fraction of sp³-hybridized carbons (Fsp3) is 0.0588. The van der Waals surface area contributed by atoms with E-state index in [0.717, 1.165) is 5.56 Å². The van der Waals surface area contributed by atoms with Crippen LogP contribution in [0, 0.1) is 5.82 Å². The highest BCUT2D eigenvalue weighted by Gasteiger charge is 2.09. The number of hydrogen-bond donors (Lipinski definition) is 2. The molecule has 0 aliphatic carbocycles. The summed E-state index contributed by atoms with van der Waals surface area (Å²) >= 11 is 3.24. The van der Waals surface area contributed by atoms with Gasteiger partial charge >= 0.3 is 6.09 Å². The summed E-state index contributed by atoms with van der Waals surface area (Å²) in [6, 6.07) is 15.4. The van der Waals surface area contributed by atoms with E-state index in [0.29, 0.717) is 21.5 Å². The summed E-state index contributed by atoms with van der Waals surface area (Å²) in [4.78, 5) is 11.8. The van der Waals surface area contributed by atoms with Gasteiger partial charge in [0, 0.05) is 16.1 Å². The van der Waals surface area contributed by atoms with Crippen molar-refractivity contribution in [1.29, 1.82) is 0 Å². The number of nitrogens with zero attached hydrogens (tertiary/aromatic N) is 1. The lowest BCUT2D eigenvalue weighted by atomic mass is 10.1. The van der Waals surface area contributed by atoms with Crippen LogP contribution in [0.2, 0.25) is 0 Å². The molecule has 0 unspecified atom stereocenters. The molecule has 2 N–H and O–H groups in total. The maximum Gasteiger partial charge on any atom is 0.413 e. The van der Waals surface area contributed by atoms with E-state index in [4.69, 9.17) is 4.74 Å². The lowest BCUT2D eigenvalue weighted by Gasteiger charge is -2.04. The minimum absolute atomic E-state index is 0.167. The van der Waals surface area contributed by atoms with Crippen molar-refractivity contribution in [3.63, 3.8) is 0 Å². The first kappa shape index (κ1) is 16.2. The molecule has 0 saturated carbocycles. The number of amides is 1. The van der Waals surface area contributed by atoms with E-state index >= 15 is 0 Å². The number of carbonyl (C=O) groups excluding carboxylic acids is 1. The lowest BCUT2D eigenvalue weighted by Crippen LogP contribution is -2.13. The van der Waals surface area contributed by atoms with E-state index in [-0.39, 0.29) is 12.4 Å². The maximum atomic E-state index is 13.4. The molecule has 0 atom stereocenters. The SMILES string of the molecule is O=C(Nc1cc(-c2cc(F)cc(Br)c2)[nH]n1)OCc1ccccc1. The predicted molar refractivity (Wildman–Crippen MR) is 91.9 cm³/mol. The molecule has 3 aromatic rings. The molecule has 1 heterocycles. The van der Waals surface area contributed by atoms with Crippen molar-refractivity contribution in [2.45, 2.75) is 6.61 Å². The fourth-order valence-electron chi connectivity index (χ4n) is 2.11. The molecule has 5 nitrogen and oxygen atoms in total. The highest BCUT2D eigenvalue weighted by molar-refractivity contribution is 9.10. The number of hydrogen-bond acceptors (Lipinski definition) is 3. The molecule has 2 aromatic carbocycles. The molecule has 1 amide bonds. The summed E-state index contributed by atoms with van der Waals surface area (Å²) < 4.78 is 19.2. The molecule has 0 spiro atoms. The Kier molecular flexibility index (Phi) is 4.90. The van der Waals surface area contributed by atoms with Crippen LogP contribution in [0.3, 0.4) is 0 Å².